The number of benzene rings is 1. The Balaban J connectivity index is 0.000000459. The molecule has 1 aromatic carbocycles. The molecule has 6 heteroatoms. The van der Waals surface area contributed by atoms with Gasteiger partial charge in [0.25, 0.3) is 0 Å². The molecule has 0 radical (unpaired) electrons. The number of carbonyl (C=O) groups excluding carboxylic acids is 1. The Labute approximate surface area is 138 Å². The predicted molar refractivity (Wildman–Crippen MR) is 90.1 cm³/mol. The van der Waals surface area contributed by atoms with Crippen LogP contribution in [0.2, 0.25) is 0 Å². The van der Waals surface area contributed by atoms with Crippen LogP contribution in [0.3, 0.4) is 0 Å². The highest BCUT2D eigenvalue weighted by molar-refractivity contribution is 5.72. The fourth-order valence-electron chi connectivity index (χ4n) is 1.39. The first-order valence-corrected chi connectivity index (χ1v) is 7.53. The zero-order valence-corrected chi connectivity index (χ0v) is 14.5. The second kappa shape index (κ2) is 9.84. The smallest absolute Gasteiger partial charge is 0.407 e. The first-order valence-electron chi connectivity index (χ1n) is 7.53. The number of ether oxygens (including phenoxy) is 1. The number of alkyl carbamates (subject to hydrolysis) is 1. The van der Waals surface area contributed by atoms with Gasteiger partial charge in [-0.2, -0.15) is 0 Å². The van der Waals surface area contributed by atoms with E-state index >= 15 is 0 Å². The van der Waals surface area contributed by atoms with Crippen LogP contribution in [0.4, 0.5) is 4.79 Å². The van der Waals surface area contributed by atoms with Crippen molar-refractivity contribution in [3.63, 3.8) is 0 Å². The summed E-state index contributed by atoms with van der Waals surface area (Å²) in [7, 11) is 0. The van der Waals surface area contributed by atoms with Crippen LogP contribution in [0.5, 0.6) is 0 Å². The molecule has 1 aromatic rings. The molecule has 1 amide bonds. The van der Waals surface area contributed by atoms with E-state index in [1.165, 1.54) is 12.5 Å². The topological polar surface area (TPSA) is 102 Å². The average Bonchev–Trinajstić information content (AvgIpc) is 2.44. The largest absolute Gasteiger partial charge is 0.481 e. The zero-order chi connectivity index (χ0) is 18.0. The zero-order valence-electron chi connectivity index (χ0n) is 14.5. The van der Waals surface area contributed by atoms with Crippen molar-refractivity contribution in [2.24, 2.45) is 11.7 Å². The number of carbonyl (C=O) groups is 2. The molecular formula is C17H28N2O4. The minimum atomic E-state index is -0.943. The number of nitrogens with one attached hydrogen (secondary N) is 1. The van der Waals surface area contributed by atoms with Crippen molar-refractivity contribution >= 4 is 12.1 Å². The summed E-state index contributed by atoms with van der Waals surface area (Å²) in [5, 5.41) is 10.9. The van der Waals surface area contributed by atoms with E-state index < -0.39 is 23.6 Å². The van der Waals surface area contributed by atoms with E-state index in [1.54, 1.807) is 20.8 Å². The van der Waals surface area contributed by atoms with Gasteiger partial charge in [0.05, 0.1) is 5.92 Å². The number of nitrogens with two attached hydrogens (primary N) is 1. The molecule has 4 N–H and O–H groups in total. The standard InChI is InChI=1S/C9H17NO4.C8H11N/c1-6(7(11)12)5-10-8(13)14-9(2,3)4;1-7(9)8-5-3-2-4-6-8/h6H,5H2,1-4H3,(H,10,13)(H,11,12);2-7H,9H2,1H3. The molecule has 2 unspecified atom stereocenters. The van der Waals surface area contributed by atoms with Gasteiger partial charge in [0.2, 0.25) is 0 Å². The van der Waals surface area contributed by atoms with E-state index in [4.69, 9.17) is 15.6 Å². The minimum Gasteiger partial charge on any atom is -0.481 e. The SMILES string of the molecule is CC(CNC(=O)OC(C)(C)C)C(=O)O.CC(N)c1ccccc1. The van der Waals surface area contributed by atoms with Crippen LogP contribution in [-0.4, -0.2) is 29.3 Å². The maximum Gasteiger partial charge on any atom is 0.407 e. The Bertz CT molecular complexity index is 481. The molecule has 6 nitrogen and oxygen atoms in total. The highest BCUT2D eigenvalue weighted by Crippen LogP contribution is 2.07. The van der Waals surface area contributed by atoms with Crippen LogP contribution in [0.1, 0.15) is 46.2 Å². The molecule has 0 spiro atoms. The van der Waals surface area contributed by atoms with Gasteiger partial charge >= 0.3 is 12.1 Å². The molecule has 130 valence electrons. The molecular weight excluding hydrogens is 296 g/mol. The van der Waals surface area contributed by atoms with Gasteiger partial charge in [-0.3, -0.25) is 4.79 Å². The van der Waals surface area contributed by atoms with Gasteiger partial charge in [-0.1, -0.05) is 37.3 Å². The van der Waals surface area contributed by atoms with Gasteiger partial charge in [0.1, 0.15) is 5.60 Å². The lowest BCUT2D eigenvalue weighted by atomic mass is 10.1. The third kappa shape index (κ3) is 11.2. The average molecular weight is 324 g/mol. The van der Waals surface area contributed by atoms with Crippen LogP contribution in [-0.2, 0) is 9.53 Å². The molecule has 23 heavy (non-hydrogen) atoms. The quantitative estimate of drug-likeness (QED) is 0.790. The fraction of sp³-hybridized carbons (Fsp3) is 0.529. The normalized spacial score (nSPS) is 13.1. The number of carboxylic acid groups (broad SMARTS) is 1. The molecule has 2 atom stereocenters. The third-order valence-corrected chi connectivity index (χ3v) is 2.70. The number of carboxylic acids is 1. The molecule has 0 saturated carbocycles. The first-order chi connectivity index (χ1) is 10.5. The number of aliphatic carboxylic acids is 1. The summed E-state index contributed by atoms with van der Waals surface area (Å²) in [5.74, 6) is -1.55. The number of amides is 1. The van der Waals surface area contributed by atoms with Crippen molar-refractivity contribution < 1.29 is 19.4 Å². The Morgan fingerprint density at radius 2 is 1.74 bits per heavy atom. The molecule has 0 heterocycles. The van der Waals surface area contributed by atoms with Crippen molar-refractivity contribution in [1.82, 2.24) is 5.32 Å². The van der Waals surface area contributed by atoms with E-state index in [1.807, 2.05) is 37.3 Å². The second-order valence-corrected chi connectivity index (χ2v) is 6.32. The van der Waals surface area contributed by atoms with Crippen LogP contribution >= 0.6 is 0 Å². The van der Waals surface area contributed by atoms with E-state index in [9.17, 15) is 9.59 Å². The van der Waals surface area contributed by atoms with Crippen molar-refractivity contribution in [2.45, 2.75) is 46.3 Å². The summed E-state index contributed by atoms with van der Waals surface area (Å²) >= 11 is 0. The van der Waals surface area contributed by atoms with Gasteiger partial charge in [-0.05, 0) is 33.3 Å². The van der Waals surface area contributed by atoms with E-state index in [0.717, 1.165) is 0 Å². The molecule has 0 saturated heterocycles. The van der Waals surface area contributed by atoms with Gasteiger partial charge in [-0.25, -0.2) is 4.79 Å². The fourth-order valence-corrected chi connectivity index (χ4v) is 1.39. The summed E-state index contributed by atoms with van der Waals surface area (Å²) in [5.41, 5.74) is 6.25. The van der Waals surface area contributed by atoms with Crippen LogP contribution in [0.15, 0.2) is 30.3 Å². The summed E-state index contributed by atoms with van der Waals surface area (Å²) < 4.78 is 4.92. The lowest BCUT2D eigenvalue weighted by Crippen LogP contribution is -2.36. The Morgan fingerprint density at radius 1 is 1.22 bits per heavy atom. The molecule has 0 aliphatic heterocycles. The lowest BCUT2D eigenvalue weighted by molar-refractivity contribution is -0.140. The van der Waals surface area contributed by atoms with Gasteiger partial charge in [0.15, 0.2) is 0 Å². The molecule has 0 aromatic heterocycles. The summed E-state index contributed by atoms with van der Waals surface area (Å²) in [6, 6.07) is 10.2. The van der Waals surface area contributed by atoms with E-state index in [-0.39, 0.29) is 12.6 Å². The van der Waals surface area contributed by atoms with Crippen molar-refractivity contribution in [3.05, 3.63) is 35.9 Å². The molecule has 0 fully saturated rings. The number of rotatable bonds is 4. The lowest BCUT2D eigenvalue weighted by Gasteiger charge is -2.20. The highest BCUT2D eigenvalue weighted by Gasteiger charge is 2.17. The van der Waals surface area contributed by atoms with E-state index in [0.29, 0.717) is 0 Å². The molecule has 0 aliphatic rings. The Morgan fingerprint density at radius 3 is 2.09 bits per heavy atom. The minimum absolute atomic E-state index is 0.0737. The maximum absolute atomic E-state index is 11.1. The second-order valence-electron chi connectivity index (χ2n) is 6.32. The van der Waals surface area contributed by atoms with Gasteiger partial charge in [-0.15, -0.1) is 0 Å². The predicted octanol–water partition coefficient (Wildman–Crippen LogP) is 2.94. The van der Waals surface area contributed by atoms with Crippen molar-refractivity contribution in [1.29, 1.82) is 0 Å². The third-order valence-electron chi connectivity index (χ3n) is 2.70. The van der Waals surface area contributed by atoms with Gasteiger partial charge < -0.3 is 20.9 Å². The van der Waals surface area contributed by atoms with Crippen molar-refractivity contribution in [2.75, 3.05) is 6.54 Å². The molecule has 0 aliphatic carbocycles. The van der Waals surface area contributed by atoms with Crippen LogP contribution < -0.4 is 11.1 Å². The summed E-state index contributed by atoms with van der Waals surface area (Å²) in [6.45, 7) is 8.80. The van der Waals surface area contributed by atoms with E-state index in [2.05, 4.69) is 5.32 Å². The summed E-state index contributed by atoms with van der Waals surface area (Å²) in [4.78, 5) is 21.5. The number of hydrogen-bond acceptors (Lipinski definition) is 4. The number of hydrogen-bond donors (Lipinski definition) is 3. The van der Waals surface area contributed by atoms with Gasteiger partial charge in [0, 0.05) is 12.6 Å². The molecule has 0 bridgehead atoms. The van der Waals surface area contributed by atoms with Crippen molar-refractivity contribution in [3.8, 4) is 0 Å². The molecule has 1 rings (SSSR count). The summed E-state index contributed by atoms with van der Waals surface area (Å²) in [6.07, 6.45) is -0.592. The van der Waals surface area contributed by atoms with Crippen LogP contribution in [0, 0.1) is 5.92 Å². The maximum atomic E-state index is 11.1. The Hall–Kier alpha value is -2.08. The van der Waals surface area contributed by atoms with Crippen LogP contribution in [0.25, 0.3) is 0 Å². The Kier molecular flexibility index (Phi) is 8.95. The monoisotopic (exact) mass is 324 g/mol. The highest BCUT2D eigenvalue weighted by atomic mass is 16.6. The first kappa shape index (κ1) is 20.9.